The Morgan fingerprint density at radius 2 is 2.05 bits per heavy atom. The smallest absolute Gasteiger partial charge is 0.348 e. The van der Waals surface area contributed by atoms with Crippen LogP contribution in [-0.4, -0.2) is 28.1 Å². The maximum atomic E-state index is 12.2. The summed E-state index contributed by atoms with van der Waals surface area (Å²) in [6, 6.07) is 0.250. The van der Waals surface area contributed by atoms with E-state index >= 15 is 0 Å². The number of anilines is 1. The van der Waals surface area contributed by atoms with Gasteiger partial charge in [0.05, 0.1) is 11.5 Å². The second-order valence-corrected chi connectivity index (χ2v) is 6.82. The van der Waals surface area contributed by atoms with Crippen molar-refractivity contribution in [3.8, 4) is 0 Å². The molecule has 0 radical (unpaired) electrons. The van der Waals surface area contributed by atoms with E-state index < -0.39 is 0 Å². The highest BCUT2D eigenvalue weighted by Crippen LogP contribution is 2.35. The zero-order valence-corrected chi connectivity index (χ0v) is 14.9. The van der Waals surface area contributed by atoms with Gasteiger partial charge in [0.2, 0.25) is 5.28 Å². The summed E-state index contributed by atoms with van der Waals surface area (Å²) >= 11 is 7.29. The first-order chi connectivity index (χ1) is 10.3. The summed E-state index contributed by atoms with van der Waals surface area (Å²) in [6.07, 6.45) is 0.790. The largest absolute Gasteiger partial charge is 0.459 e. The van der Waals surface area contributed by atoms with E-state index in [1.807, 2.05) is 20.8 Å². The number of hydrogen-bond donors (Lipinski definition) is 1. The van der Waals surface area contributed by atoms with E-state index in [2.05, 4.69) is 29.1 Å². The molecule has 1 atom stereocenters. The minimum Gasteiger partial charge on any atom is -0.459 e. The molecule has 2 aromatic rings. The first-order valence-corrected chi connectivity index (χ1v) is 8.47. The summed E-state index contributed by atoms with van der Waals surface area (Å²) in [5.41, 5.74) is 0.827. The Hall–Kier alpha value is -1.40. The molecule has 1 N–H and O–H groups in total. The number of nitrogens with zero attached hydrogens (tertiary/aromatic N) is 2. The number of esters is 1. The van der Waals surface area contributed by atoms with Crippen LogP contribution in [0.4, 0.5) is 5.82 Å². The molecule has 0 bridgehead atoms. The van der Waals surface area contributed by atoms with Crippen LogP contribution in [0.3, 0.4) is 0 Å². The van der Waals surface area contributed by atoms with E-state index in [-0.39, 0.29) is 23.4 Å². The summed E-state index contributed by atoms with van der Waals surface area (Å²) < 4.78 is 5.29. The third-order valence-corrected chi connectivity index (χ3v) is 4.62. The van der Waals surface area contributed by atoms with Crippen molar-refractivity contribution < 1.29 is 9.53 Å². The molecule has 2 aromatic heterocycles. The highest BCUT2D eigenvalue weighted by atomic mass is 35.5. The van der Waals surface area contributed by atoms with Gasteiger partial charge in [0.15, 0.2) is 0 Å². The van der Waals surface area contributed by atoms with Crippen LogP contribution in [0.25, 0.3) is 10.2 Å². The monoisotopic (exact) mass is 341 g/mol. The standard InChI is InChI=1S/C15H20ClN3O2S/c1-6-8(4)17-12-10-9(5)11(14(20)21-7(2)3)22-13(10)19-15(16)18-12/h7-8H,6H2,1-5H3,(H,17,18,19). The number of hydrogen-bond acceptors (Lipinski definition) is 6. The van der Waals surface area contributed by atoms with E-state index in [1.165, 1.54) is 11.3 Å². The number of carbonyl (C=O) groups excluding carboxylic acids is 1. The maximum absolute atomic E-state index is 12.2. The lowest BCUT2D eigenvalue weighted by Crippen LogP contribution is -2.15. The van der Waals surface area contributed by atoms with E-state index in [9.17, 15) is 4.79 Å². The number of thiophene rings is 1. The molecule has 0 saturated heterocycles. The van der Waals surface area contributed by atoms with Crippen LogP contribution >= 0.6 is 22.9 Å². The van der Waals surface area contributed by atoms with Gasteiger partial charge in [-0.3, -0.25) is 0 Å². The van der Waals surface area contributed by atoms with Gasteiger partial charge in [-0.1, -0.05) is 6.92 Å². The van der Waals surface area contributed by atoms with Gasteiger partial charge in [0.1, 0.15) is 15.5 Å². The Balaban J connectivity index is 2.53. The van der Waals surface area contributed by atoms with Gasteiger partial charge in [0.25, 0.3) is 0 Å². The normalized spacial score (nSPS) is 12.7. The molecule has 120 valence electrons. The van der Waals surface area contributed by atoms with Crippen LogP contribution in [-0.2, 0) is 4.74 Å². The molecule has 0 aliphatic heterocycles. The van der Waals surface area contributed by atoms with Crippen molar-refractivity contribution in [1.29, 1.82) is 0 Å². The van der Waals surface area contributed by atoms with Crippen molar-refractivity contribution in [3.05, 3.63) is 15.7 Å². The van der Waals surface area contributed by atoms with Gasteiger partial charge in [-0.2, -0.15) is 0 Å². The van der Waals surface area contributed by atoms with Crippen molar-refractivity contribution in [3.63, 3.8) is 0 Å². The van der Waals surface area contributed by atoms with E-state index in [0.717, 1.165) is 17.4 Å². The molecule has 0 aliphatic rings. The van der Waals surface area contributed by atoms with Gasteiger partial charge < -0.3 is 10.1 Å². The van der Waals surface area contributed by atoms with E-state index in [0.29, 0.717) is 15.5 Å². The molecule has 7 heteroatoms. The second-order valence-electron chi connectivity index (χ2n) is 5.49. The summed E-state index contributed by atoms with van der Waals surface area (Å²) in [4.78, 5) is 22.0. The number of fused-ring (bicyclic) bond motifs is 1. The number of carbonyl (C=O) groups is 1. The Morgan fingerprint density at radius 1 is 1.36 bits per heavy atom. The fourth-order valence-electron chi connectivity index (χ4n) is 2.02. The quantitative estimate of drug-likeness (QED) is 0.643. The Morgan fingerprint density at radius 3 is 2.64 bits per heavy atom. The Kier molecular flexibility index (Phi) is 5.24. The van der Waals surface area contributed by atoms with Crippen LogP contribution < -0.4 is 5.32 Å². The van der Waals surface area contributed by atoms with Crippen LogP contribution in [0, 0.1) is 6.92 Å². The average Bonchev–Trinajstić information content (AvgIpc) is 2.75. The van der Waals surface area contributed by atoms with Crippen molar-refractivity contribution >= 4 is 44.9 Å². The van der Waals surface area contributed by atoms with Gasteiger partial charge >= 0.3 is 5.97 Å². The summed E-state index contributed by atoms with van der Waals surface area (Å²) in [5, 5.41) is 4.34. The fraction of sp³-hybridized carbons (Fsp3) is 0.533. The molecule has 2 rings (SSSR count). The minimum atomic E-state index is -0.332. The topological polar surface area (TPSA) is 64.1 Å². The molecule has 0 amide bonds. The summed E-state index contributed by atoms with van der Waals surface area (Å²) in [6.45, 7) is 9.69. The number of ether oxygens (including phenoxy) is 1. The van der Waals surface area contributed by atoms with Crippen molar-refractivity contribution in [2.24, 2.45) is 0 Å². The summed E-state index contributed by atoms with van der Waals surface area (Å²) in [5.74, 6) is 0.336. The Labute approximate surface area is 139 Å². The molecule has 5 nitrogen and oxygen atoms in total. The molecule has 22 heavy (non-hydrogen) atoms. The van der Waals surface area contributed by atoms with Crippen molar-refractivity contribution in [2.75, 3.05) is 5.32 Å². The predicted octanol–water partition coefficient (Wildman–Crippen LogP) is 4.43. The first kappa shape index (κ1) is 17.0. The first-order valence-electron chi connectivity index (χ1n) is 7.27. The second kappa shape index (κ2) is 6.79. The number of rotatable bonds is 5. The van der Waals surface area contributed by atoms with E-state index in [1.54, 1.807) is 0 Å². The van der Waals surface area contributed by atoms with E-state index in [4.69, 9.17) is 16.3 Å². The molecule has 0 aliphatic carbocycles. The molecular formula is C15H20ClN3O2S. The average molecular weight is 342 g/mol. The highest BCUT2D eigenvalue weighted by molar-refractivity contribution is 7.20. The summed E-state index contributed by atoms with van der Waals surface area (Å²) in [7, 11) is 0. The minimum absolute atomic E-state index is 0.163. The molecule has 0 aromatic carbocycles. The van der Waals surface area contributed by atoms with Crippen LogP contribution in [0.5, 0.6) is 0 Å². The predicted molar refractivity (Wildman–Crippen MR) is 91.1 cm³/mol. The lowest BCUT2D eigenvalue weighted by Gasteiger charge is -2.13. The zero-order chi connectivity index (χ0) is 16.4. The van der Waals surface area contributed by atoms with Gasteiger partial charge in [-0.25, -0.2) is 14.8 Å². The van der Waals surface area contributed by atoms with Gasteiger partial charge in [0, 0.05) is 6.04 Å². The number of aromatic nitrogens is 2. The maximum Gasteiger partial charge on any atom is 0.348 e. The lowest BCUT2D eigenvalue weighted by molar-refractivity contribution is 0.0383. The molecule has 0 saturated carbocycles. The SMILES string of the molecule is CCC(C)Nc1nc(Cl)nc2sc(C(=O)OC(C)C)c(C)c12. The Bertz CT molecular complexity index is 700. The van der Waals surface area contributed by atoms with Crippen LogP contribution in [0.1, 0.15) is 49.4 Å². The number of nitrogens with one attached hydrogen (secondary N) is 1. The molecule has 0 fully saturated rings. The highest BCUT2D eigenvalue weighted by Gasteiger charge is 2.22. The van der Waals surface area contributed by atoms with Crippen LogP contribution in [0.2, 0.25) is 5.28 Å². The van der Waals surface area contributed by atoms with Crippen LogP contribution in [0.15, 0.2) is 0 Å². The fourth-order valence-corrected chi connectivity index (χ4v) is 3.30. The zero-order valence-electron chi connectivity index (χ0n) is 13.4. The molecule has 1 unspecified atom stereocenters. The third kappa shape index (κ3) is 3.50. The van der Waals surface area contributed by atoms with Gasteiger partial charge in [-0.15, -0.1) is 11.3 Å². The molecular weight excluding hydrogens is 322 g/mol. The number of halogens is 1. The van der Waals surface area contributed by atoms with Crippen molar-refractivity contribution in [2.45, 2.75) is 53.2 Å². The molecule has 0 spiro atoms. The third-order valence-electron chi connectivity index (χ3n) is 3.29. The lowest BCUT2D eigenvalue weighted by atomic mass is 10.2. The molecule has 2 heterocycles. The number of aryl methyl sites for hydroxylation is 1. The van der Waals surface area contributed by atoms with Crippen molar-refractivity contribution in [1.82, 2.24) is 9.97 Å². The van der Waals surface area contributed by atoms with Gasteiger partial charge in [-0.05, 0) is 51.3 Å².